The van der Waals surface area contributed by atoms with Gasteiger partial charge in [-0.2, -0.15) is 5.01 Å². The predicted octanol–water partition coefficient (Wildman–Crippen LogP) is 5.77. The zero-order valence-electron chi connectivity index (χ0n) is 18.9. The van der Waals surface area contributed by atoms with Gasteiger partial charge < -0.3 is 0 Å². The number of hydrazine groups is 1. The number of carbonyl (C=O) groups excluding carboxylic acids is 4. The molecule has 3 amide bonds. The Morgan fingerprint density at radius 3 is 2.09 bits per heavy atom. The molecule has 0 spiro atoms. The van der Waals surface area contributed by atoms with Crippen molar-refractivity contribution in [1.29, 1.82) is 0 Å². The average molecular weight is 645 g/mol. The number of aryl methyl sites for hydroxylation is 2. The van der Waals surface area contributed by atoms with Gasteiger partial charge in [0, 0.05) is 20.2 Å². The van der Waals surface area contributed by atoms with Crippen LogP contribution < -0.4 is 0 Å². The van der Waals surface area contributed by atoms with Gasteiger partial charge in [-0.3, -0.25) is 19.2 Å². The van der Waals surface area contributed by atoms with Gasteiger partial charge in [0.1, 0.15) is 6.54 Å². The molecule has 0 N–H and O–H groups in total. The second-order valence-corrected chi connectivity index (χ2v) is 12.1. The number of hydrogen-bond acceptors (Lipinski definition) is 4. The van der Waals surface area contributed by atoms with E-state index < -0.39 is 41.9 Å². The number of benzene rings is 2. The molecule has 184 valence electrons. The zero-order chi connectivity index (χ0) is 25.6. The van der Waals surface area contributed by atoms with Crippen molar-refractivity contribution < 1.29 is 19.2 Å². The van der Waals surface area contributed by atoms with Crippen LogP contribution in [-0.2, 0) is 9.59 Å². The summed E-state index contributed by atoms with van der Waals surface area (Å²) in [5, 5.41) is 2.17. The van der Waals surface area contributed by atoms with Gasteiger partial charge >= 0.3 is 0 Å². The molecule has 2 aromatic rings. The molecule has 0 radical (unpaired) electrons. The Morgan fingerprint density at radius 2 is 1.54 bits per heavy atom. The van der Waals surface area contributed by atoms with Crippen LogP contribution in [0.3, 0.4) is 0 Å². The zero-order valence-corrected chi connectivity index (χ0v) is 23.6. The molecule has 0 bridgehead atoms. The van der Waals surface area contributed by atoms with Gasteiger partial charge in [0.2, 0.25) is 0 Å². The monoisotopic (exact) mass is 642 g/mol. The molecule has 35 heavy (non-hydrogen) atoms. The maximum atomic E-state index is 13.7. The fourth-order valence-corrected chi connectivity index (χ4v) is 6.22. The van der Waals surface area contributed by atoms with Gasteiger partial charge in [-0.05, 0) is 62.1 Å². The van der Waals surface area contributed by atoms with E-state index in [0.717, 1.165) is 21.1 Å². The van der Waals surface area contributed by atoms with Gasteiger partial charge in [0.15, 0.2) is 5.78 Å². The number of imide groups is 1. The minimum atomic E-state index is -0.727. The second-order valence-electron chi connectivity index (χ2n) is 8.91. The molecule has 6 nitrogen and oxygen atoms in total. The Morgan fingerprint density at radius 1 is 0.943 bits per heavy atom. The number of carbonyl (C=O) groups is 4. The van der Waals surface area contributed by atoms with E-state index in [1.165, 1.54) is 18.2 Å². The lowest BCUT2D eigenvalue weighted by atomic mass is 9.81. The Bertz CT molecular complexity index is 1210. The first-order valence-corrected chi connectivity index (χ1v) is 13.6. The van der Waals surface area contributed by atoms with Crippen molar-refractivity contribution >= 4 is 78.6 Å². The third-order valence-corrected chi connectivity index (χ3v) is 9.93. The average Bonchev–Trinajstić information content (AvgIpc) is 3.03. The van der Waals surface area contributed by atoms with Crippen LogP contribution in [0.4, 0.5) is 0 Å². The fourth-order valence-electron chi connectivity index (χ4n) is 4.49. The third kappa shape index (κ3) is 5.08. The maximum Gasteiger partial charge on any atom is 0.274 e. The van der Waals surface area contributed by atoms with E-state index in [0.29, 0.717) is 23.4 Å². The number of hydrogen-bond donors (Lipinski definition) is 0. The van der Waals surface area contributed by atoms with Crippen molar-refractivity contribution in [3.63, 3.8) is 0 Å². The van der Waals surface area contributed by atoms with Gasteiger partial charge in [-0.1, -0.05) is 67.2 Å². The molecule has 2 fully saturated rings. The standard InChI is InChI=1S/C25H22Br2Cl2N2O4/c1-12-3-4-14(7-13(12)2)22(32)11-30(23(33)16-6-5-15(28)8-21(16)29)31-24(34)17-9-19(26)20(27)10-18(17)25(31)35/h3-8,17-20H,9-11H2,1-2H3/t17-,18-,19-,20+/m1/s1. The van der Waals surface area contributed by atoms with Crippen LogP contribution in [-0.4, -0.2) is 49.7 Å². The quantitative estimate of drug-likeness (QED) is 0.235. The summed E-state index contributed by atoms with van der Waals surface area (Å²) in [6, 6.07) is 9.52. The first-order chi connectivity index (χ1) is 16.5. The van der Waals surface area contributed by atoms with Gasteiger partial charge in [0.25, 0.3) is 17.7 Å². The summed E-state index contributed by atoms with van der Waals surface area (Å²) in [6.45, 7) is 3.32. The molecule has 2 aromatic carbocycles. The summed E-state index contributed by atoms with van der Waals surface area (Å²) in [7, 11) is 0. The molecule has 4 atom stereocenters. The van der Waals surface area contributed by atoms with E-state index in [1.54, 1.807) is 12.1 Å². The minimum absolute atomic E-state index is 0.00692. The van der Waals surface area contributed by atoms with E-state index in [-0.39, 0.29) is 20.2 Å². The SMILES string of the molecule is Cc1ccc(C(=O)CN(C(=O)c2ccc(Cl)cc2Cl)N2C(=O)[C@@H]3C[C@@H](Br)[C@@H](Br)C[C@H]3C2=O)cc1C. The molecule has 2 aliphatic rings. The first kappa shape index (κ1) is 26.3. The summed E-state index contributed by atoms with van der Waals surface area (Å²) >= 11 is 19.4. The number of amides is 3. The summed E-state index contributed by atoms with van der Waals surface area (Å²) in [5.74, 6) is -3.26. The number of fused-ring (bicyclic) bond motifs is 1. The van der Waals surface area contributed by atoms with Gasteiger partial charge in [-0.25, -0.2) is 5.01 Å². The maximum absolute atomic E-state index is 13.7. The van der Waals surface area contributed by atoms with Crippen molar-refractivity contribution in [3.8, 4) is 0 Å². The Kier molecular flexibility index (Phi) is 7.77. The third-order valence-electron chi connectivity index (χ3n) is 6.65. The molecule has 1 heterocycles. The summed E-state index contributed by atoms with van der Waals surface area (Å²) in [5.41, 5.74) is 2.35. The van der Waals surface area contributed by atoms with E-state index in [1.807, 2.05) is 19.9 Å². The fraction of sp³-hybridized carbons (Fsp3) is 0.360. The van der Waals surface area contributed by atoms with Crippen molar-refractivity contribution in [1.82, 2.24) is 10.0 Å². The number of alkyl halides is 2. The van der Waals surface area contributed by atoms with E-state index >= 15 is 0 Å². The van der Waals surface area contributed by atoms with Crippen LogP contribution in [0.2, 0.25) is 10.0 Å². The Balaban J connectivity index is 1.73. The summed E-state index contributed by atoms with van der Waals surface area (Å²) < 4.78 is 0. The molecule has 1 saturated heterocycles. The molecule has 0 aromatic heterocycles. The highest BCUT2D eigenvalue weighted by Crippen LogP contribution is 2.44. The van der Waals surface area contributed by atoms with Crippen LogP contribution in [0, 0.1) is 25.7 Å². The molecule has 1 aliphatic carbocycles. The lowest BCUT2D eigenvalue weighted by Crippen LogP contribution is -2.52. The molecule has 0 unspecified atom stereocenters. The van der Waals surface area contributed by atoms with Crippen molar-refractivity contribution in [3.05, 3.63) is 68.7 Å². The number of nitrogens with zero attached hydrogens (tertiary/aromatic N) is 2. The number of Topliss-reactive ketones (excluding diaryl/α,β-unsaturated/α-hetero) is 1. The molecule has 1 saturated carbocycles. The minimum Gasteiger partial charge on any atom is -0.292 e. The van der Waals surface area contributed by atoms with E-state index in [2.05, 4.69) is 31.9 Å². The predicted molar refractivity (Wildman–Crippen MR) is 141 cm³/mol. The normalized spacial score (nSPS) is 23.9. The number of halogens is 4. The largest absolute Gasteiger partial charge is 0.292 e. The van der Waals surface area contributed by atoms with Crippen LogP contribution in [0.1, 0.15) is 44.7 Å². The van der Waals surface area contributed by atoms with Gasteiger partial charge in [0.05, 0.1) is 22.4 Å². The smallest absolute Gasteiger partial charge is 0.274 e. The number of rotatable bonds is 5. The van der Waals surface area contributed by atoms with E-state index in [9.17, 15) is 19.2 Å². The van der Waals surface area contributed by atoms with Crippen LogP contribution in [0.25, 0.3) is 0 Å². The van der Waals surface area contributed by atoms with Crippen LogP contribution >= 0.6 is 55.1 Å². The highest BCUT2D eigenvalue weighted by molar-refractivity contribution is 9.12. The summed E-state index contributed by atoms with van der Waals surface area (Å²) in [6.07, 6.45) is 0.882. The van der Waals surface area contributed by atoms with Crippen molar-refractivity contribution in [2.75, 3.05) is 6.54 Å². The molecular formula is C25H22Br2Cl2N2O4. The Hall–Kier alpha value is -1.74. The first-order valence-electron chi connectivity index (χ1n) is 11.0. The molecular weight excluding hydrogens is 623 g/mol. The second kappa shape index (κ2) is 10.3. The Labute approximate surface area is 230 Å². The highest BCUT2D eigenvalue weighted by atomic mass is 79.9. The van der Waals surface area contributed by atoms with Crippen LogP contribution in [0.15, 0.2) is 36.4 Å². The summed E-state index contributed by atoms with van der Waals surface area (Å²) in [4.78, 5) is 53.8. The van der Waals surface area contributed by atoms with Crippen LogP contribution in [0.5, 0.6) is 0 Å². The van der Waals surface area contributed by atoms with Crippen molar-refractivity contribution in [2.45, 2.75) is 36.3 Å². The molecule has 4 rings (SSSR count). The molecule has 1 aliphatic heterocycles. The highest BCUT2D eigenvalue weighted by Gasteiger charge is 2.54. The molecule has 10 heteroatoms. The van der Waals surface area contributed by atoms with Crippen molar-refractivity contribution in [2.24, 2.45) is 11.8 Å². The topological polar surface area (TPSA) is 74.8 Å². The lowest BCUT2D eigenvalue weighted by molar-refractivity contribution is -0.154. The van der Waals surface area contributed by atoms with Gasteiger partial charge in [-0.15, -0.1) is 0 Å². The van der Waals surface area contributed by atoms with E-state index in [4.69, 9.17) is 23.2 Å². The number of ketones is 1. The lowest BCUT2D eigenvalue weighted by Gasteiger charge is -2.30.